The molecule has 0 aromatic heterocycles. The molecule has 7 heteroatoms. The van der Waals surface area contributed by atoms with Crippen LogP contribution in [0.2, 0.25) is 0 Å². The maximum absolute atomic E-state index is 12.0. The molecule has 1 aromatic carbocycles. The first-order valence-corrected chi connectivity index (χ1v) is 6.85. The molecule has 1 aromatic rings. The van der Waals surface area contributed by atoms with Crippen molar-refractivity contribution in [2.24, 2.45) is 0 Å². The number of halogens is 1. The van der Waals surface area contributed by atoms with Crippen molar-refractivity contribution in [3.05, 3.63) is 28.7 Å². The highest BCUT2D eigenvalue weighted by Crippen LogP contribution is 2.27. The summed E-state index contributed by atoms with van der Waals surface area (Å²) in [5.74, 6) is -1.01. The lowest BCUT2D eigenvalue weighted by molar-refractivity contribution is -0.159. The standard InChI is InChI=1S/C13H15BrN2O4/c1-13(20-6-11(17)18)7-16(8-13)12(19)15-10-5-3-2-4-9(10)14/h2-5H,6-8H2,1H3,(H,15,19)(H,17,18). The van der Waals surface area contributed by atoms with E-state index in [2.05, 4.69) is 21.2 Å². The SMILES string of the molecule is CC1(OCC(=O)O)CN(C(=O)Nc2ccccc2Br)C1. The molecule has 1 aliphatic heterocycles. The number of benzene rings is 1. The van der Waals surface area contributed by atoms with E-state index in [1.807, 2.05) is 18.2 Å². The second-order valence-electron chi connectivity index (χ2n) is 4.90. The largest absolute Gasteiger partial charge is 0.480 e. The minimum atomic E-state index is -1.01. The number of likely N-dealkylation sites (tertiary alicyclic amines) is 1. The number of hydrogen-bond acceptors (Lipinski definition) is 3. The molecule has 2 N–H and O–H groups in total. The number of carbonyl (C=O) groups excluding carboxylic acids is 1. The lowest BCUT2D eigenvalue weighted by Crippen LogP contribution is -2.64. The number of ether oxygens (including phenoxy) is 1. The first-order valence-electron chi connectivity index (χ1n) is 6.06. The average molecular weight is 343 g/mol. The molecule has 2 rings (SSSR count). The molecule has 2 amide bonds. The zero-order valence-corrected chi connectivity index (χ0v) is 12.5. The van der Waals surface area contributed by atoms with Gasteiger partial charge in [-0.3, -0.25) is 0 Å². The van der Waals surface area contributed by atoms with E-state index >= 15 is 0 Å². The van der Waals surface area contributed by atoms with E-state index in [9.17, 15) is 9.59 Å². The molecule has 0 spiro atoms. The second-order valence-corrected chi connectivity index (χ2v) is 5.75. The Morgan fingerprint density at radius 3 is 2.70 bits per heavy atom. The minimum absolute atomic E-state index is 0.228. The zero-order valence-electron chi connectivity index (χ0n) is 10.9. The van der Waals surface area contributed by atoms with Crippen LogP contribution in [-0.2, 0) is 9.53 Å². The fourth-order valence-electron chi connectivity index (χ4n) is 1.99. The van der Waals surface area contributed by atoms with Crippen molar-refractivity contribution in [2.75, 3.05) is 25.0 Å². The van der Waals surface area contributed by atoms with Gasteiger partial charge in [-0.25, -0.2) is 9.59 Å². The van der Waals surface area contributed by atoms with Crippen LogP contribution in [0.15, 0.2) is 28.7 Å². The zero-order chi connectivity index (χ0) is 14.8. The van der Waals surface area contributed by atoms with Crippen LogP contribution >= 0.6 is 15.9 Å². The highest BCUT2D eigenvalue weighted by molar-refractivity contribution is 9.10. The Morgan fingerprint density at radius 1 is 1.45 bits per heavy atom. The molecule has 0 atom stereocenters. The molecule has 1 heterocycles. The summed E-state index contributed by atoms with van der Waals surface area (Å²) in [5, 5.41) is 11.4. The van der Waals surface area contributed by atoms with E-state index in [0.29, 0.717) is 18.8 Å². The van der Waals surface area contributed by atoms with E-state index in [-0.39, 0.29) is 12.6 Å². The molecule has 108 valence electrons. The monoisotopic (exact) mass is 342 g/mol. The average Bonchev–Trinajstić information content (AvgIpc) is 2.35. The Balaban J connectivity index is 1.85. The topological polar surface area (TPSA) is 78.9 Å². The number of hydrogen-bond donors (Lipinski definition) is 2. The van der Waals surface area contributed by atoms with Crippen molar-refractivity contribution in [1.82, 2.24) is 4.90 Å². The maximum atomic E-state index is 12.0. The molecule has 0 unspecified atom stereocenters. The molecule has 1 fully saturated rings. The number of aliphatic carboxylic acids is 1. The van der Waals surface area contributed by atoms with Gasteiger partial charge in [0.25, 0.3) is 0 Å². The predicted molar refractivity (Wildman–Crippen MR) is 76.7 cm³/mol. The molecular formula is C13H15BrN2O4. The van der Waals surface area contributed by atoms with E-state index in [0.717, 1.165) is 4.47 Å². The van der Waals surface area contributed by atoms with Crippen LogP contribution in [0.1, 0.15) is 6.92 Å². The molecule has 0 bridgehead atoms. The fraction of sp³-hybridized carbons (Fsp3) is 0.385. The fourth-order valence-corrected chi connectivity index (χ4v) is 2.37. The van der Waals surface area contributed by atoms with Gasteiger partial charge >= 0.3 is 12.0 Å². The van der Waals surface area contributed by atoms with Crippen LogP contribution in [0.3, 0.4) is 0 Å². The summed E-state index contributed by atoms with van der Waals surface area (Å²) in [6.07, 6.45) is 0. The van der Waals surface area contributed by atoms with Crippen LogP contribution in [0.5, 0.6) is 0 Å². The van der Waals surface area contributed by atoms with Gasteiger partial charge in [-0.05, 0) is 35.0 Å². The smallest absolute Gasteiger partial charge is 0.329 e. The number of amides is 2. The summed E-state index contributed by atoms with van der Waals surface area (Å²) < 4.78 is 6.06. The van der Waals surface area contributed by atoms with Crippen molar-refractivity contribution < 1.29 is 19.4 Å². The van der Waals surface area contributed by atoms with Crippen molar-refractivity contribution >= 4 is 33.6 Å². The number of nitrogens with zero attached hydrogens (tertiary/aromatic N) is 1. The first-order chi connectivity index (χ1) is 9.39. The molecule has 20 heavy (non-hydrogen) atoms. The van der Waals surface area contributed by atoms with Crippen LogP contribution in [0, 0.1) is 0 Å². The Hall–Kier alpha value is -1.60. The number of carboxylic acids is 1. The Bertz CT molecular complexity index is 529. The Kier molecular flexibility index (Phi) is 4.29. The summed E-state index contributed by atoms with van der Waals surface area (Å²) in [5.41, 5.74) is 0.112. The van der Waals surface area contributed by atoms with Crippen molar-refractivity contribution in [3.63, 3.8) is 0 Å². The number of nitrogens with one attached hydrogen (secondary N) is 1. The highest BCUT2D eigenvalue weighted by atomic mass is 79.9. The van der Waals surface area contributed by atoms with Crippen LogP contribution in [0.4, 0.5) is 10.5 Å². The molecular weight excluding hydrogens is 328 g/mol. The molecule has 0 radical (unpaired) electrons. The molecule has 1 aliphatic rings. The highest BCUT2D eigenvalue weighted by Gasteiger charge is 2.42. The van der Waals surface area contributed by atoms with Crippen molar-refractivity contribution in [1.29, 1.82) is 0 Å². The summed E-state index contributed by atoms with van der Waals surface area (Å²) in [7, 11) is 0. The Morgan fingerprint density at radius 2 is 2.10 bits per heavy atom. The number of carbonyl (C=O) groups is 2. The van der Waals surface area contributed by atoms with E-state index in [4.69, 9.17) is 9.84 Å². The third kappa shape index (κ3) is 3.49. The summed E-state index contributed by atoms with van der Waals surface area (Å²) in [4.78, 5) is 24.0. The minimum Gasteiger partial charge on any atom is -0.480 e. The van der Waals surface area contributed by atoms with Gasteiger partial charge in [0.2, 0.25) is 0 Å². The summed E-state index contributed by atoms with van der Waals surface area (Å²) >= 11 is 3.35. The number of para-hydroxylation sites is 1. The van der Waals surface area contributed by atoms with Crippen LogP contribution in [0.25, 0.3) is 0 Å². The lowest BCUT2D eigenvalue weighted by atomic mass is 9.97. The third-order valence-corrected chi connectivity index (χ3v) is 3.69. The normalized spacial score (nSPS) is 16.4. The van der Waals surface area contributed by atoms with E-state index < -0.39 is 11.6 Å². The molecule has 6 nitrogen and oxygen atoms in total. The lowest BCUT2D eigenvalue weighted by Gasteiger charge is -2.46. The van der Waals surface area contributed by atoms with Crippen LogP contribution in [-0.4, -0.2) is 47.3 Å². The first kappa shape index (κ1) is 14.8. The number of rotatable bonds is 4. The summed E-state index contributed by atoms with van der Waals surface area (Å²) in [6, 6.07) is 7.10. The van der Waals surface area contributed by atoms with Gasteiger partial charge in [-0.15, -0.1) is 0 Å². The van der Waals surface area contributed by atoms with Gasteiger partial charge in [0.1, 0.15) is 12.2 Å². The summed E-state index contributed by atoms with van der Waals surface area (Å²) in [6.45, 7) is 2.18. The number of anilines is 1. The van der Waals surface area contributed by atoms with Gasteiger partial charge in [-0.2, -0.15) is 0 Å². The Labute approximate surface area is 124 Å². The third-order valence-electron chi connectivity index (χ3n) is 3.00. The quantitative estimate of drug-likeness (QED) is 0.878. The van der Waals surface area contributed by atoms with E-state index in [1.54, 1.807) is 17.9 Å². The maximum Gasteiger partial charge on any atom is 0.329 e. The van der Waals surface area contributed by atoms with Gasteiger partial charge in [-0.1, -0.05) is 12.1 Å². The molecule has 0 aliphatic carbocycles. The number of carboxylic acid groups (broad SMARTS) is 1. The second kappa shape index (κ2) is 5.80. The number of urea groups is 1. The van der Waals surface area contributed by atoms with Crippen molar-refractivity contribution in [2.45, 2.75) is 12.5 Å². The van der Waals surface area contributed by atoms with Gasteiger partial charge in [0.05, 0.1) is 18.8 Å². The van der Waals surface area contributed by atoms with Gasteiger partial charge in [0, 0.05) is 4.47 Å². The van der Waals surface area contributed by atoms with Crippen molar-refractivity contribution in [3.8, 4) is 0 Å². The van der Waals surface area contributed by atoms with Gasteiger partial charge in [0.15, 0.2) is 0 Å². The van der Waals surface area contributed by atoms with E-state index in [1.165, 1.54) is 0 Å². The molecule has 1 saturated heterocycles. The van der Waals surface area contributed by atoms with Crippen LogP contribution < -0.4 is 5.32 Å². The molecule has 0 saturated carbocycles. The van der Waals surface area contributed by atoms with Gasteiger partial charge < -0.3 is 20.1 Å². The predicted octanol–water partition coefficient (Wildman–Crippen LogP) is 2.16.